The first-order chi connectivity index (χ1) is 18.9. The maximum Gasteiger partial charge on any atom is 0.0541 e. The van der Waals surface area contributed by atoms with Crippen molar-refractivity contribution in [3.63, 3.8) is 0 Å². The zero-order chi connectivity index (χ0) is 25.1. The number of hydrogen-bond donors (Lipinski definition) is 0. The lowest BCUT2D eigenvalue weighted by atomic mass is 9.84. The van der Waals surface area contributed by atoms with Gasteiger partial charge in [0, 0.05) is 39.5 Å². The molecule has 2 aliphatic rings. The summed E-state index contributed by atoms with van der Waals surface area (Å²) in [4.78, 5) is 0. The summed E-state index contributed by atoms with van der Waals surface area (Å²) in [7, 11) is 0. The van der Waals surface area contributed by atoms with Crippen LogP contribution in [0.1, 0.15) is 40.4 Å². The topological polar surface area (TPSA) is 9.86 Å². The summed E-state index contributed by atoms with van der Waals surface area (Å²) >= 11 is 0. The Hall–Kier alpha value is -4.56. The van der Waals surface area contributed by atoms with Crippen LogP contribution in [0.2, 0.25) is 0 Å². The first-order valence-corrected chi connectivity index (χ1v) is 13.6. The fourth-order valence-corrected chi connectivity index (χ4v) is 6.64. The van der Waals surface area contributed by atoms with Crippen molar-refractivity contribution in [1.29, 1.82) is 0 Å². The Kier molecular flexibility index (Phi) is 4.81. The van der Waals surface area contributed by atoms with Crippen LogP contribution in [0.3, 0.4) is 0 Å². The van der Waals surface area contributed by atoms with E-state index in [9.17, 15) is 0 Å². The lowest BCUT2D eigenvalue weighted by Crippen LogP contribution is -2.08. The third kappa shape index (κ3) is 3.20. The first kappa shape index (κ1) is 21.5. The van der Waals surface area contributed by atoms with Crippen LogP contribution in [0.25, 0.3) is 45.3 Å². The van der Waals surface area contributed by atoms with Gasteiger partial charge in [0.1, 0.15) is 0 Å². The van der Waals surface area contributed by atoms with E-state index >= 15 is 0 Å². The molecule has 0 saturated carbocycles. The first-order valence-electron chi connectivity index (χ1n) is 13.6. The maximum atomic E-state index is 2.46. The van der Waals surface area contributed by atoms with Gasteiger partial charge >= 0.3 is 0 Å². The molecule has 2 heteroatoms. The van der Waals surface area contributed by atoms with Crippen LogP contribution in [0.5, 0.6) is 0 Å². The molecule has 1 atom stereocenters. The number of benzene rings is 4. The number of aromatic nitrogens is 2. The fourth-order valence-electron chi connectivity index (χ4n) is 6.64. The van der Waals surface area contributed by atoms with Gasteiger partial charge in [0.15, 0.2) is 0 Å². The summed E-state index contributed by atoms with van der Waals surface area (Å²) in [6, 6.07) is 37.4. The summed E-state index contributed by atoms with van der Waals surface area (Å²) in [5.41, 5.74) is 12.1. The van der Waals surface area contributed by atoms with E-state index in [2.05, 4.69) is 137 Å². The molecule has 0 saturated heterocycles. The summed E-state index contributed by atoms with van der Waals surface area (Å²) in [6.45, 7) is 0. The lowest BCUT2D eigenvalue weighted by Gasteiger charge is -2.20. The molecule has 8 rings (SSSR count). The Labute approximate surface area is 222 Å². The van der Waals surface area contributed by atoms with Crippen molar-refractivity contribution in [2.45, 2.75) is 25.2 Å². The van der Waals surface area contributed by atoms with E-state index in [1.54, 1.807) is 0 Å². The van der Waals surface area contributed by atoms with Crippen LogP contribution in [-0.4, -0.2) is 9.13 Å². The van der Waals surface area contributed by atoms with Gasteiger partial charge in [-0.15, -0.1) is 0 Å². The fraction of sp³-hybridized carbons (Fsp3) is 0.111. The predicted molar refractivity (Wildman–Crippen MR) is 159 cm³/mol. The zero-order valence-electron chi connectivity index (χ0n) is 21.2. The number of rotatable bonds is 3. The van der Waals surface area contributed by atoms with E-state index in [-0.39, 0.29) is 0 Å². The van der Waals surface area contributed by atoms with E-state index in [0.29, 0.717) is 5.92 Å². The van der Waals surface area contributed by atoms with Crippen molar-refractivity contribution < 1.29 is 0 Å². The Morgan fingerprint density at radius 2 is 1.26 bits per heavy atom. The Morgan fingerprint density at radius 1 is 0.579 bits per heavy atom. The lowest BCUT2D eigenvalue weighted by molar-refractivity contribution is 0.810. The van der Waals surface area contributed by atoms with Gasteiger partial charge in [0.05, 0.1) is 11.0 Å². The van der Waals surface area contributed by atoms with Crippen LogP contribution in [-0.2, 0) is 12.8 Å². The number of nitrogens with zero attached hydrogens (tertiary/aromatic N) is 2. The molecular weight excluding hydrogens is 460 g/mol. The van der Waals surface area contributed by atoms with Gasteiger partial charge in [0.25, 0.3) is 0 Å². The number of para-hydroxylation sites is 3. The van der Waals surface area contributed by atoms with Crippen molar-refractivity contribution in [1.82, 2.24) is 9.13 Å². The second kappa shape index (κ2) is 8.49. The number of fused-ring (bicyclic) bond motifs is 6. The molecule has 2 heterocycles. The Morgan fingerprint density at radius 3 is 2.08 bits per heavy atom. The molecule has 0 radical (unpaired) electrons. The Balaban J connectivity index is 1.26. The predicted octanol–water partition coefficient (Wildman–Crippen LogP) is 8.89. The van der Waals surface area contributed by atoms with Gasteiger partial charge in [-0.1, -0.05) is 72.8 Å². The molecule has 4 aromatic carbocycles. The quantitative estimate of drug-likeness (QED) is 0.235. The van der Waals surface area contributed by atoms with Crippen LogP contribution in [0.15, 0.2) is 115 Å². The average Bonchev–Trinajstić information content (AvgIpc) is 3.50. The van der Waals surface area contributed by atoms with Crippen molar-refractivity contribution in [2.75, 3.05) is 0 Å². The second-order valence-electron chi connectivity index (χ2n) is 10.5. The Bertz CT molecular complexity index is 1880. The van der Waals surface area contributed by atoms with Crippen molar-refractivity contribution in [3.05, 3.63) is 143 Å². The van der Waals surface area contributed by atoms with Crippen LogP contribution in [0, 0.1) is 0 Å². The molecule has 0 aliphatic heterocycles. The third-order valence-electron chi connectivity index (χ3n) is 8.37. The highest BCUT2D eigenvalue weighted by Gasteiger charge is 2.27. The van der Waals surface area contributed by atoms with Crippen molar-refractivity contribution in [3.8, 4) is 11.4 Å². The minimum absolute atomic E-state index is 0.368. The van der Waals surface area contributed by atoms with Crippen molar-refractivity contribution in [2.24, 2.45) is 0 Å². The molecule has 0 N–H and O–H groups in total. The summed E-state index contributed by atoms with van der Waals surface area (Å²) in [6.07, 6.45) is 12.7. The molecule has 0 spiro atoms. The molecule has 38 heavy (non-hydrogen) atoms. The summed E-state index contributed by atoms with van der Waals surface area (Å²) in [5, 5.41) is 2.64. The van der Waals surface area contributed by atoms with E-state index in [4.69, 9.17) is 0 Å². The molecule has 2 aliphatic carbocycles. The highest BCUT2D eigenvalue weighted by atomic mass is 15.0. The van der Waals surface area contributed by atoms with Gasteiger partial charge in [0.2, 0.25) is 0 Å². The highest BCUT2D eigenvalue weighted by Crippen LogP contribution is 2.41. The highest BCUT2D eigenvalue weighted by molar-refractivity contribution is 6.09. The molecular formula is C36H28N2. The molecule has 0 amide bonds. The van der Waals surface area contributed by atoms with Crippen LogP contribution >= 0.6 is 0 Å². The van der Waals surface area contributed by atoms with Crippen LogP contribution < -0.4 is 0 Å². The summed E-state index contributed by atoms with van der Waals surface area (Å²) in [5.74, 6) is 0.368. The molecule has 182 valence electrons. The minimum atomic E-state index is 0.368. The van der Waals surface area contributed by atoms with Gasteiger partial charge < -0.3 is 9.13 Å². The van der Waals surface area contributed by atoms with E-state index in [1.165, 1.54) is 61.3 Å². The van der Waals surface area contributed by atoms with E-state index in [1.807, 2.05) is 0 Å². The number of allylic oxidation sites excluding steroid dienone is 2. The molecule has 1 unspecified atom stereocenters. The summed E-state index contributed by atoms with van der Waals surface area (Å²) < 4.78 is 4.86. The SMILES string of the molecule is C1=Cc2c(c3c(n2-c2ccccc2)C=CC(c2ccc4c(c2)c2ccccc2n4-c2ccccc2)C3)CC1. The molecule has 2 aromatic heterocycles. The minimum Gasteiger partial charge on any atom is -0.310 e. The average molecular weight is 489 g/mol. The molecule has 6 aromatic rings. The van der Waals surface area contributed by atoms with Gasteiger partial charge in [-0.3, -0.25) is 0 Å². The maximum absolute atomic E-state index is 2.46. The van der Waals surface area contributed by atoms with Crippen LogP contribution in [0.4, 0.5) is 0 Å². The van der Waals surface area contributed by atoms with Gasteiger partial charge in [-0.25, -0.2) is 0 Å². The molecule has 2 nitrogen and oxygen atoms in total. The number of hydrogen-bond acceptors (Lipinski definition) is 0. The second-order valence-corrected chi connectivity index (χ2v) is 10.5. The van der Waals surface area contributed by atoms with E-state index in [0.717, 1.165) is 19.3 Å². The molecule has 0 fully saturated rings. The molecule has 0 bridgehead atoms. The standard InChI is InChI=1S/C36H28N2/c1-3-11-27(12-4-1)37-33-17-9-7-15-29(33)31-23-25(19-21-35(31)37)26-20-22-36-32(24-26)30-16-8-10-18-34(30)38(36)28-13-5-2-6-14-28/h1-7,9-15,17-23,26H,8,16,24H2. The smallest absolute Gasteiger partial charge is 0.0541 e. The normalized spacial score (nSPS) is 16.2. The largest absolute Gasteiger partial charge is 0.310 e. The van der Waals surface area contributed by atoms with Gasteiger partial charge in [-0.05, 0) is 90.6 Å². The van der Waals surface area contributed by atoms with Crippen molar-refractivity contribution >= 4 is 34.0 Å². The van der Waals surface area contributed by atoms with Gasteiger partial charge in [-0.2, -0.15) is 0 Å². The third-order valence-corrected chi connectivity index (χ3v) is 8.37. The zero-order valence-corrected chi connectivity index (χ0v) is 21.2. The monoisotopic (exact) mass is 488 g/mol. The van der Waals surface area contributed by atoms with E-state index < -0.39 is 0 Å².